The fourth-order valence-electron chi connectivity index (χ4n) is 4.47. The average Bonchev–Trinajstić information content (AvgIpc) is 3.04. The summed E-state index contributed by atoms with van der Waals surface area (Å²) < 4.78 is 5.22. The lowest BCUT2D eigenvalue weighted by Crippen LogP contribution is -2.32. The highest BCUT2D eigenvalue weighted by molar-refractivity contribution is 5.73. The predicted octanol–water partition coefficient (Wildman–Crippen LogP) is 1.82. The molecule has 5 atom stereocenters. The van der Waals surface area contributed by atoms with Gasteiger partial charge in [0.15, 0.2) is 0 Å². The normalized spacial score (nSPS) is 44.2. The summed E-state index contributed by atoms with van der Waals surface area (Å²) in [6.07, 6.45) is 5.64. The van der Waals surface area contributed by atoms with Gasteiger partial charge in [0.05, 0.1) is 12.5 Å². The lowest BCUT2D eigenvalue weighted by molar-refractivity contribution is -0.149. The van der Waals surface area contributed by atoms with E-state index in [0.29, 0.717) is 12.5 Å². The number of carbonyl (C=O) groups is 1. The van der Waals surface area contributed by atoms with Crippen molar-refractivity contribution < 1.29 is 9.53 Å². The van der Waals surface area contributed by atoms with Crippen LogP contribution in [0.4, 0.5) is 0 Å². The standard InChI is InChI=1S/C14H23NO2/c1-2-17-14(16)13-8-15-7-12(13)11-6-9-3-4-10(11)5-9/h9-13,15H,2-8H2,1H3. The fourth-order valence-corrected chi connectivity index (χ4v) is 4.47. The number of rotatable bonds is 3. The first-order valence-corrected chi connectivity index (χ1v) is 7.17. The van der Waals surface area contributed by atoms with Crippen LogP contribution in [0.15, 0.2) is 0 Å². The average molecular weight is 237 g/mol. The Morgan fingerprint density at radius 3 is 2.76 bits per heavy atom. The van der Waals surface area contributed by atoms with E-state index in [-0.39, 0.29) is 11.9 Å². The lowest BCUT2D eigenvalue weighted by Gasteiger charge is -2.30. The van der Waals surface area contributed by atoms with Gasteiger partial charge >= 0.3 is 5.97 Å². The van der Waals surface area contributed by atoms with E-state index in [2.05, 4.69) is 5.32 Å². The third kappa shape index (κ3) is 1.99. The SMILES string of the molecule is CCOC(=O)C1CNCC1C1CC2CCC1C2. The number of fused-ring (bicyclic) bond motifs is 2. The Morgan fingerprint density at radius 1 is 1.24 bits per heavy atom. The van der Waals surface area contributed by atoms with Gasteiger partial charge in [0.25, 0.3) is 0 Å². The molecule has 3 heteroatoms. The molecule has 1 saturated heterocycles. The Morgan fingerprint density at radius 2 is 2.12 bits per heavy atom. The first-order chi connectivity index (χ1) is 8.29. The van der Waals surface area contributed by atoms with Crippen molar-refractivity contribution in [2.24, 2.45) is 29.6 Å². The molecule has 3 rings (SSSR count). The Kier molecular flexibility index (Phi) is 3.12. The van der Waals surface area contributed by atoms with E-state index in [1.54, 1.807) is 0 Å². The van der Waals surface area contributed by atoms with Crippen LogP contribution in [0.3, 0.4) is 0 Å². The summed E-state index contributed by atoms with van der Waals surface area (Å²) in [6, 6.07) is 0. The molecule has 0 aromatic heterocycles. The molecular formula is C14H23NO2. The van der Waals surface area contributed by atoms with Crippen molar-refractivity contribution in [2.75, 3.05) is 19.7 Å². The molecule has 3 fully saturated rings. The zero-order valence-corrected chi connectivity index (χ0v) is 10.7. The Balaban J connectivity index is 1.67. The van der Waals surface area contributed by atoms with Gasteiger partial charge in [-0.05, 0) is 56.4 Å². The van der Waals surface area contributed by atoms with Gasteiger partial charge in [-0.25, -0.2) is 0 Å². The van der Waals surface area contributed by atoms with Crippen molar-refractivity contribution >= 4 is 5.97 Å². The van der Waals surface area contributed by atoms with Crippen LogP contribution in [-0.4, -0.2) is 25.7 Å². The van der Waals surface area contributed by atoms with Crippen molar-refractivity contribution in [1.82, 2.24) is 5.32 Å². The summed E-state index contributed by atoms with van der Waals surface area (Å²) in [4.78, 5) is 12.0. The molecule has 2 saturated carbocycles. The third-order valence-electron chi connectivity index (χ3n) is 5.19. The number of nitrogens with one attached hydrogen (secondary N) is 1. The molecule has 0 aromatic rings. The highest BCUT2D eigenvalue weighted by atomic mass is 16.5. The maximum Gasteiger partial charge on any atom is 0.310 e. The summed E-state index contributed by atoms with van der Waals surface area (Å²) >= 11 is 0. The Bertz CT molecular complexity index is 305. The van der Waals surface area contributed by atoms with Gasteiger partial charge in [0, 0.05) is 6.54 Å². The molecule has 1 N–H and O–H groups in total. The smallest absolute Gasteiger partial charge is 0.310 e. The fraction of sp³-hybridized carbons (Fsp3) is 0.929. The summed E-state index contributed by atoms with van der Waals surface area (Å²) in [5.74, 6) is 3.36. The molecule has 3 nitrogen and oxygen atoms in total. The highest BCUT2D eigenvalue weighted by Gasteiger charge is 2.48. The number of hydrogen-bond donors (Lipinski definition) is 1. The molecule has 0 amide bonds. The Hall–Kier alpha value is -0.570. The van der Waals surface area contributed by atoms with E-state index >= 15 is 0 Å². The van der Waals surface area contributed by atoms with Crippen LogP contribution >= 0.6 is 0 Å². The molecule has 2 aliphatic carbocycles. The molecular weight excluding hydrogens is 214 g/mol. The second-order valence-electron chi connectivity index (χ2n) is 6.02. The third-order valence-corrected chi connectivity index (χ3v) is 5.19. The van der Waals surface area contributed by atoms with E-state index < -0.39 is 0 Å². The van der Waals surface area contributed by atoms with Crippen LogP contribution in [0.25, 0.3) is 0 Å². The van der Waals surface area contributed by atoms with E-state index in [1.807, 2.05) is 6.92 Å². The molecule has 3 aliphatic rings. The van der Waals surface area contributed by atoms with Crippen molar-refractivity contribution in [1.29, 1.82) is 0 Å². The summed E-state index contributed by atoms with van der Waals surface area (Å²) in [5.41, 5.74) is 0. The quantitative estimate of drug-likeness (QED) is 0.761. The molecule has 2 bridgehead atoms. The molecule has 96 valence electrons. The number of carbonyl (C=O) groups excluding carboxylic acids is 1. The number of ether oxygens (including phenoxy) is 1. The van der Waals surface area contributed by atoms with Crippen LogP contribution in [-0.2, 0) is 9.53 Å². The zero-order chi connectivity index (χ0) is 11.8. The molecule has 17 heavy (non-hydrogen) atoms. The van der Waals surface area contributed by atoms with Crippen molar-refractivity contribution in [3.63, 3.8) is 0 Å². The van der Waals surface area contributed by atoms with Gasteiger partial charge in [-0.2, -0.15) is 0 Å². The minimum atomic E-state index is 0.0327. The second kappa shape index (κ2) is 4.60. The van der Waals surface area contributed by atoms with Crippen LogP contribution in [0.2, 0.25) is 0 Å². The van der Waals surface area contributed by atoms with Gasteiger partial charge in [0.1, 0.15) is 0 Å². The van der Waals surface area contributed by atoms with Crippen molar-refractivity contribution in [3.05, 3.63) is 0 Å². The topological polar surface area (TPSA) is 38.3 Å². The highest BCUT2D eigenvalue weighted by Crippen LogP contribution is 2.52. The van der Waals surface area contributed by atoms with Gasteiger partial charge in [-0.1, -0.05) is 6.42 Å². The molecule has 0 radical (unpaired) electrons. The van der Waals surface area contributed by atoms with Crippen LogP contribution in [0.5, 0.6) is 0 Å². The van der Waals surface area contributed by atoms with E-state index in [4.69, 9.17) is 4.74 Å². The van der Waals surface area contributed by atoms with Crippen LogP contribution in [0, 0.1) is 29.6 Å². The molecule has 1 aliphatic heterocycles. The first-order valence-electron chi connectivity index (χ1n) is 7.17. The van der Waals surface area contributed by atoms with Crippen LogP contribution in [0.1, 0.15) is 32.6 Å². The molecule has 0 spiro atoms. The van der Waals surface area contributed by atoms with E-state index in [1.165, 1.54) is 25.7 Å². The number of hydrogen-bond acceptors (Lipinski definition) is 3. The predicted molar refractivity (Wildman–Crippen MR) is 65.4 cm³/mol. The molecule has 1 heterocycles. The first kappa shape index (κ1) is 11.5. The van der Waals surface area contributed by atoms with Gasteiger partial charge < -0.3 is 10.1 Å². The van der Waals surface area contributed by atoms with Crippen molar-refractivity contribution in [2.45, 2.75) is 32.6 Å². The summed E-state index contributed by atoms with van der Waals surface area (Å²) in [5, 5.41) is 3.40. The summed E-state index contributed by atoms with van der Waals surface area (Å²) in [7, 11) is 0. The zero-order valence-electron chi connectivity index (χ0n) is 10.7. The lowest BCUT2D eigenvalue weighted by atomic mass is 9.75. The van der Waals surface area contributed by atoms with E-state index in [9.17, 15) is 4.79 Å². The van der Waals surface area contributed by atoms with Crippen LogP contribution < -0.4 is 5.32 Å². The minimum absolute atomic E-state index is 0.0327. The maximum absolute atomic E-state index is 12.0. The van der Waals surface area contributed by atoms with E-state index in [0.717, 1.165) is 30.8 Å². The van der Waals surface area contributed by atoms with Crippen molar-refractivity contribution in [3.8, 4) is 0 Å². The molecule has 0 aromatic carbocycles. The Labute approximate surface area is 103 Å². The van der Waals surface area contributed by atoms with Gasteiger partial charge in [-0.15, -0.1) is 0 Å². The largest absolute Gasteiger partial charge is 0.466 e. The van der Waals surface area contributed by atoms with Gasteiger partial charge in [0.2, 0.25) is 0 Å². The minimum Gasteiger partial charge on any atom is -0.466 e. The monoisotopic (exact) mass is 237 g/mol. The number of esters is 1. The maximum atomic E-state index is 12.0. The second-order valence-corrected chi connectivity index (χ2v) is 6.02. The molecule has 5 unspecified atom stereocenters. The van der Waals surface area contributed by atoms with Gasteiger partial charge in [-0.3, -0.25) is 4.79 Å². The summed E-state index contributed by atoms with van der Waals surface area (Å²) in [6.45, 7) is 4.26.